The van der Waals surface area contributed by atoms with Gasteiger partial charge in [0.15, 0.2) is 11.6 Å². The molecule has 0 bridgehead atoms. The smallest absolute Gasteiger partial charge is 0.222 e. The van der Waals surface area contributed by atoms with Crippen LogP contribution in [0.4, 0.5) is 21.8 Å². The maximum Gasteiger partial charge on any atom is 0.222 e. The first-order chi connectivity index (χ1) is 8.60. The Labute approximate surface area is 105 Å². The molecule has 3 N–H and O–H groups in total. The van der Waals surface area contributed by atoms with Gasteiger partial charge < -0.3 is 11.1 Å². The molecule has 2 rings (SSSR count). The van der Waals surface area contributed by atoms with Crippen molar-refractivity contribution in [1.82, 2.24) is 9.97 Å². The zero-order chi connectivity index (χ0) is 13.1. The van der Waals surface area contributed by atoms with Gasteiger partial charge in [-0.1, -0.05) is 13.0 Å². The monoisotopic (exact) mass is 246 g/mol. The summed E-state index contributed by atoms with van der Waals surface area (Å²) in [4.78, 5) is 7.40. The lowest BCUT2D eigenvalue weighted by molar-refractivity contribution is 0.620. The number of nitrogen functional groups attached to an aromatic ring is 1. The molecular weight excluding hydrogens is 231 g/mol. The van der Waals surface area contributed by atoms with Crippen LogP contribution in [0.1, 0.15) is 18.1 Å². The van der Waals surface area contributed by atoms with Gasteiger partial charge >= 0.3 is 0 Å². The summed E-state index contributed by atoms with van der Waals surface area (Å²) in [5.41, 5.74) is 8.63. The second kappa shape index (κ2) is 5.00. The largest absolute Gasteiger partial charge is 0.368 e. The maximum atomic E-state index is 13.5. The van der Waals surface area contributed by atoms with E-state index in [9.17, 15) is 4.39 Å². The van der Waals surface area contributed by atoms with E-state index in [1.807, 2.05) is 25.1 Å². The van der Waals surface area contributed by atoms with Crippen LogP contribution in [-0.4, -0.2) is 9.97 Å². The van der Waals surface area contributed by atoms with E-state index >= 15 is 0 Å². The normalized spacial score (nSPS) is 10.4. The molecule has 0 fully saturated rings. The summed E-state index contributed by atoms with van der Waals surface area (Å²) in [6, 6.07) is 5.86. The standard InChI is InChI=1S/C13H15FN4/c1-3-9-4-5-10(6-8(9)2)17-12-11(14)7-16-13(15)18-12/h4-7H,3H2,1-2H3,(H3,15,16,17,18). The number of nitrogens with zero attached hydrogens (tertiary/aromatic N) is 2. The number of nitrogens with two attached hydrogens (primary N) is 1. The highest BCUT2D eigenvalue weighted by Gasteiger charge is 2.06. The van der Waals surface area contributed by atoms with Gasteiger partial charge in [-0.2, -0.15) is 4.98 Å². The van der Waals surface area contributed by atoms with Gasteiger partial charge in [0.1, 0.15) is 0 Å². The number of benzene rings is 1. The van der Waals surface area contributed by atoms with Gasteiger partial charge in [-0.15, -0.1) is 0 Å². The molecular formula is C13H15FN4. The minimum Gasteiger partial charge on any atom is -0.368 e. The highest BCUT2D eigenvalue weighted by atomic mass is 19.1. The molecule has 5 heteroatoms. The van der Waals surface area contributed by atoms with Crippen LogP contribution < -0.4 is 11.1 Å². The van der Waals surface area contributed by atoms with Crippen molar-refractivity contribution in [2.45, 2.75) is 20.3 Å². The number of halogens is 1. The third-order valence-electron chi connectivity index (χ3n) is 2.75. The van der Waals surface area contributed by atoms with Crippen LogP contribution in [0.15, 0.2) is 24.4 Å². The number of anilines is 3. The van der Waals surface area contributed by atoms with Crippen molar-refractivity contribution < 1.29 is 4.39 Å². The average molecular weight is 246 g/mol. The molecule has 0 amide bonds. The molecule has 0 aliphatic rings. The average Bonchev–Trinajstić information content (AvgIpc) is 2.34. The quantitative estimate of drug-likeness (QED) is 0.874. The van der Waals surface area contributed by atoms with E-state index in [1.165, 1.54) is 5.56 Å². The number of rotatable bonds is 3. The Morgan fingerprint density at radius 1 is 1.39 bits per heavy atom. The first-order valence-corrected chi connectivity index (χ1v) is 5.74. The topological polar surface area (TPSA) is 63.8 Å². The Morgan fingerprint density at radius 2 is 2.17 bits per heavy atom. The highest BCUT2D eigenvalue weighted by molar-refractivity contribution is 5.59. The molecule has 18 heavy (non-hydrogen) atoms. The zero-order valence-electron chi connectivity index (χ0n) is 10.4. The Kier molecular flexibility index (Phi) is 3.41. The molecule has 0 spiro atoms. The second-order valence-corrected chi connectivity index (χ2v) is 4.04. The number of aryl methyl sites for hydroxylation is 2. The van der Waals surface area contributed by atoms with Crippen molar-refractivity contribution >= 4 is 17.5 Å². The van der Waals surface area contributed by atoms with Crippen LogP contribution in [0, 0.1) is 12.7 Å². The second-order valence-electron chi connectivity index (χ2n) is 4.04. The fourth-order valence-electron chi connectivity index (χ4n) is 1.78. The van der Waals surface area contributed by atoms with Crippen LogP contribution in [0.2, 0.25) is 0 Å². The molecule has 2 aromatic rings. The number of aromatic nitrogens is 2. The van der Waals surface area contributed by atoms with Crippen LogP contribution >= 0.6 is 0 Å². The van der Waals surface area contributed by atoms with Crippen LogP contribution in [0.25, 0.3) is 0 Å². The summed E-state index contributed by atoms with van der Waals surface area (Å²) < 4.78 is 13.5. The first-order valence-electron chi connectivity index (χ1n) is 5.74. The van der Waals surface area contributed by atoms with Gasteiger partial charge in [-0.05, 0) is 36.6 Å². The van der Waals surface area contributed by atoms with E-state index in [0.717, 1.165) is 23.9 Å². The first kappa shape index (κ1) is 12.3. The van der Waals surface area contributed by atoms with Crippen LogP contribution in [0.3, 0.4) is 0 Å². The van der Waals surface area contributed by atoms with Crippen molar-refractivity contribution in [3.8, 4) is 0 Å². The molecule has 0 unspecified atom stereocenters. The van der Waals surface area contributed by atoms with E-state index in [0.29, 0.717) is 0 Å². The van der Waals surface area contributed by atoms with E-state index in [2.05, 4.69) is 22.2 Å². The Balaban J connectivity index is 2.28. The van der Waals surface area contributed by atoms with Gasteiger partial charge in [0.2, 0.25) is 5.95 Å². The minimum absolute atomic E-state index is 0.0424. The van der Waals surface area contributed by atoms with E-state index in [1.54, 1.807) is 0 Å². The van der Waals surface area contributed by atoms with Gasteiger partial charge in [-0.25, -0.2) is 9.37 Å². The molecule has 1 aromatic heterocycles. The summed E-state index contributed by atoms with van der Waals surface area (Å²) in [6.07, 6.45) is 2.03. The number of nitrogens with one attached hydrogen (secondary N) is 1. The lowest BCUT2D eigenvalue weighted by atomic mass is 10.1. The van der Waals surface area contributed by atoms with Gasteiger partial charge in [-0.3, -0.25) is 0 Å². The summed E-state index contributed by atoms with van der Waals surface area (Å²) in [5, 5.41) is 2.90. The third kappa shape index (κ3) is 2.56. The predicted octanol–water partition coefficient (Wildman–Crippen LogP) is 2.81. The molecule has 4 nitrogen and oxygen atoms in total. The van der Waals surface area contributed by atoms with Gasteiger partial charge in [0.05, 0.1) is 6.20 Å². The highest BCUT2D eigenvalue weighted by Crippen LogP contribution is 2.21. The molecule has 94 valence electrons. The van der Waals surface area contributed by atoms with Crippen molar-refractivity contribution in [1.29, 1.82) is 0 Å². The molecule has 1 aromatic carbocycles. The summed E-state index contributed by atoms with van der Waals surface area (Å²) in [7, 11) is 0. The van der Waals surface area contributed by atoms with Crippen LogP contribution in [-0.2, 0) is 6.42 Å². The number of hydrogen-bond acceptors (Lipinski definition) is 4. The van der Waals surface area contributed by atoms with Crippen molar-refractivity contribution in [2.75, 3.05) is 11.1 Å². The third-order valence-corrected chi connectivity index (χ3v) is 2.75. The predicted molar refractivity (Wildman–Crippen MR) is 70.2 cm³/mol. The van der Waals surface area contributed by atoms with Crippen molar-refractivity contribution in [2.24, 2.45) is 0 Å². The maximum absolute atomic E-state index is 13.5. The van der Waals surface area contributed by atoms with E-state index < -0.39 is 5.82 Å². The fourth-order valence-corrected chi connectivity index (χ4v) is 1.78. The lowest BCUT2D eigenvalue weighted by Gasteiger charge is -2.09. The molecule has 0 atom stereocenters. The lowest BCUT2D eigenvalue weighted by Crippen LogP contribution is -2.02. The van der Waals surface area contributed by atoms with E-state index in [-0.39, 0.29) is 11.8 Å². The summed E-state index contributed by atoms with van der Waals surface area (Å²) in [6.45, 7) is 4.12. The number of hydrogen-bond donors (Lipinski definition) is 2. The Hall–Kier alpha value is -2.17. The molecule has 1 heterocycles. The fraction of sp³-hybridized carbons (Fsp3) is 0.231. The Morgan fingerprint density at radius 3 is 2.83 bits per heavy atom. The van der Waals surface area contributed by atoms with Crippen molar-refractivity contribution in [3.63, 3.8) is 0 Å². The zero-order valence-corrected chi connectivity index (χ0v) is 10.4. The Bertz CT molecular complexity index is 569. The van der Waals surface area contributed by atoms with Crippen LogP contribution in [0.5, 0.6) is 0 Å². The SMILES string of the molecule is CCc1ccc(Nc2nc(N)ncc2F)cc1C. The molecule has 0 saturated heterocycles. The minimum atomic E-state index is -0.526. The van der Waals surface area contributed by atoms with Gasteiger partial charge in [0, 0.05) is 5.69 Å². The summed E-state index contributed by atoms with van der Waals surface area (Å²) in [5.74, 6) is -0.395. The van der Waals surface area contributed by atoms with Crippen molar-refractivity contribution in [3.05, 3.63) is 41.3 Å². The molecule has 0 radical (unpaired) electrons. The summed E-state index contributed by atoms with van der Waals surface area (Å²) >= 11 is 0. The van der Waals surface area contributed by atoms with Gasteiger partial charge in [0.25, 0.3) is 0 Å². The molecule has 0 aliphatic heterocycles. The molecule has 0 saturated carbocycles. The van der Waals surface area contributed by atoms with E-state index in [4.69, 9.17) is 5.73 Å². The molecule has 0 aliphatic carbocycles.